The third-order valence-corrected chi connectivity index (χ3v) is 5.25. The van der Waals surface area contributed by atoms with Crippen LogP contribution in [0.4, 0.5) is 5.69 Å². The number of benzene rings is 2. The highest BCUT2D eigenvalue weighted by atomic mass is 35.5. The summed E-state index contributed by atoms with van der Waals surface area (Å²) in [6.07, 6.45) is 0. The van der Waals surface area contributed by atoms with E-state index in [2.05, 4.69) is 15.4 Å². The van der Waals surface area contributed by atoms with Gasteiger partial charge in [0.1, 0.15) is 0 Å². The Labute approximate surface area is 156 Å². The number of amides is 2. The second-order valence-electron chi connectivity index (χ2n) is 5.45. The van der Waals surface area contributed by atoms with E-state index in [1.165, 1.54) is 31.3 Å². The van der Waals surface area contributed by atoms with Gasteiger partial charge < -0.3 is 10.6 Å². The summed E-state index contributed by atoms with van der Waals surface area (Å²) < 4.78 is 25.5. The third-order valence-electron chi connectivity index (χ3n) is 3.50. The van der Waals surface area contributed by atoms with E-state index in [-0.39, 0.29) is 17.0 Å². The molecule has 0 heterocycles. The molecule has 0 saturated heterocycles. The molecule has 0 radical (unpaired) electrons. The summed E-state index contributed by atoms with van der Waals surface area (Å²) >= 11 is 6.04. The zero-order valence-electron chi connectivity index (χ0n) is 14.2. The van der Waals surface area contributed by atoms with Crippen molar-refractivity contribution in [3.63, 3.8) is 0 Å². The van der Waals surface area contributed by atoms with E-state index >= 15 is 0 Å². The van der Waals surface area contributed by atoms with E-state index in [0.29, 0.717) is 10.7 Å². The van der Waals surface area contributed by atoms with E-state index in [9.17, 15) is 18.0 Å². The Kier molecular flexibility index (Phi) is 6.36. The summed E-state index contributed by atoms with van der Waals surface area (Å²) in [5, 5.41) is 5.48. The van der Waals surface area contributed by atoms with Gasteiger partial charge in [0, 0.05) is 5.56 Å². The van der Waals surface area contributed by atoms with Gasteiger partial charge in [-0.05, 0) is 55.9 Å². The maximum Gasteiger partial charge on any atom is 0.251 e. The standard InChI is InChI=1S/C17H18ClN3O4S/c1-11-3-8-15(14(18)9-11)21-16(22)10-20-17(23)12-4-6-13(7-5-12)26(24,25)19-2/h3-9,19H,10H2,1-2H3,(H,20,23)(H,21,22). The summed E-state index contributed by atoms with van der Waals surface area (Å²) in [5.41, 5.74) is 1.66. The fraction of sp³-hybridized carbons (Fsp3) is 0.176. The summed E-state index contributed by atoms with van der Waals surface area (Å²) in [7, 11) is -2.27. The lowest BCUT2D eigenvalue weighted by Gasteiger charge is -2.09. The zero-order chi connectivity index (χ0) is 19.3. The number of carbonyl (C=O) groups is 2. The SMILES string of the molecule is CNS(=O)(=O)c1ccc(C(=O)NCC(=O)Nc2ccc(C)cc2Cl)cc1. The Morgan fingerprint density at radius 2 is 1.73 bits per heavy atom. The second kappa shape index (κ2) is 8.31. The number of anilines is 1. The van der Waals surface area contributed by atoms with Crippen LogP contribution in [0.2, 0.25) is 5.02 Å². The Hall–Kier alpha value is -2.42. The van der Waals surface area contributed by atoms with E-state index in [1.54, 1.807) is 18.2 Å². The Morgan fingerprint density at radius 3 is 2.31 bits per heavy atom. The normalized spacial score (nSPS) is 11.0. The average molecular weight is 396 g/mol. The molecule has 2 aromatic carbocycles. The topological polar surface area (TPSA) is 104 Å². The van der Waals surface area contributed by atoms with Crippen LogP contribution in [0.25, 0.3) is 0 Å². The van der Waals surface area contributed by atoms with Crippen molar-refractivity contribution >= 4 is 39.1 Å². The lowest BCUT2D eigenvalue weighted by atomic mass is 10.2. The maximum atomic E-state index is 12.1. The quantitative estimate of drug-likeness (QED) is 0.695. The van der Waals surface area contributed by atoms with Gasteiger partial charge in [-0.1, -0.05) is 17.7 Å². The van der Waals surface area contributed by atoms with Crippen molar-refractivity contribution in [1.82, 2.24) is 10.0 Å². The van der Waals surface area contributed by atoms with Crippen LogP contribution < -0.4 is 15.4 Å². The molecular weight excluding hydrogens is 378 g/mol. The predicted molar refractivity (Wildman–Crippen MR) is 99.8 cm³/mol. The molecule has 0 aromatic heterocycles. The summed E-state index contributed by atoms with van der Waals surface area (Å²) in [6.45, 7) is 1.63. The van der Waals surface area contributed by atoms with Crippen LogP contribution in [0.5, 0.6) is 0 Å². The molecule has 0 unspecified atom stereocenters. The van der Waals surface area contributed by atoms with Gasteiger partial charge in [-0.25, -0.2) is 13.1 Å². The monoisotopic (exact) mass is 395 g/mol. The van der Waals surface area contributed by atoms with Crippen LogP contribution in [0.1, 0.15) is 15.9 Å². The van der Waals surface area contributed by atoms with E-state index in [0.717, 1.165) is 5.56 Å². The molecule has 0 aliphatic carbocycles. The van der Waals surface area contributed by atoms with Gasteiger partial charge in [0.25, 0.3) is 5.91 Å². The minimum atomic E-state index is -3.57. The number of carbonyl (C=O) groups excluding carboxylic acids is 2. The molecule has 0 spiro atoms. The van der Waals surface area contributed by atoms with Gasteiger partial charge in [0.05, 0.1) is 22.2 Å². The number of nitrogens with one attached hydrogen (secondary N) is 3. The van der Waals surface area contributed by atoms with Crippen molar-refractivity contribution in [3.8, 4) is 0 Å². The number of hydrogen-bond acceptors (Lipinski definition) is 4. The van der Waals surface area contributed by atoms with Crippen molar-refractivity contribution < 1.29 is 18.0 Å². The highest BCUT2D eigenvalue weighted by Crippen LogP contribution is 2.22. The molecule has 0 bridgehead atoms. The lowest BCUT2D eigenvalue weighted by molar-refractivity contribution is -0.115. The summed E-state index contributed by atoms with van der Waals surface area (Å²) in [4.78, 5) is 24.0. The molecule has 0 saturated carbocycles. The molecule has 0 aliphatic rings. The first-order valence-corrected chi connectivity index (χ1v) is 9.47. The van der Waals surface area contributed by atoms with Gasteiger partial charge in [-0.15, -0.1) is 0 Å². The molecule has 0 fully saturated rings. The fourth-order valence-electron chi connectivity index (χ4n) is 2.08. The van der Waals surface area contributed by atoms with Crippen molar-refractivity contribution in [2.45, 2.75) is 11.8 Å². The summed E-state index contributed by atoms with van der Waals surface area (Å²) in [6, 6.07) is 10.6. The van der Waals surface area contributed by atoms with Crippen molar-refractivity contribution in [3.05, 3.63) is 58.6 Å². The number of rotatable bonds is 6. The molecule has 2 rings (SSSR count). The Morgan fingerprint density at radius 1 is 1.08 bits per heavy atom. The van der Waals surface area contributed by atoms with Gasteiger partial charge >= 0.3 is 0 Å². The molecule has 26 heavy (non-hydrogen) atoms. The van der Waals surface area contributed by atoms with Crippen molar-refractivity contribution in [2.75, 3.05) is 18.9 Å². The van der Waals surface area contributed by atoms with Crippen LogP contribution >= 0.6 is 11.6 Å². The van der Waals surface area contributed by atoms with Crippen molar-refractivity contribution in [2.24, 2.45) is 0 Å². The molecule has 2 aromatic rings. The maximum absolute atomic E-state index is 12.1. The van der Waals surface area contributed by atoms with Crippen LogP contribution in [0, 0.1) is 6.92 Å². The molecule has 0 atom stereocenters. The van der Waals surface area contributed by atoms with Gasteiger partial charge in [0.2, 0.25) is 15.9 Å². The molecule has 9 heteroatoms. The summed E-state index contributed by atoms with van der Waals surface area (Å²) in [5.74, 6) is -0.929. The molecule has 7 nitrogen and oxygen atoms in total. The highest BCUT2D eigenvalue weighted by Gasteiger charge is 2.13. The largest absolute Gasteiger partial charge is 0.343 e. The smallest absolute Gasteiger partial charge is 0.251 e. The van der Waals surface area contributed by atoms with E-state index in [4.69, 9.17) is 11.6 Å². The number of halogens is 1. The first-order chi connectivity index (χ1) is 12.2. The van der Waals surface area contributed by atoms with Crippen LogP contribution in [0.15, 0.2) is 47.4 Å². The predicted octanol–water partition coefficient (Wildman–Crippen LogP) is 1.93. The lowest BCUT2D eigenvalue weighted by Crippen LogP contribution is -2.33. The molecule has 0 aliphatic heterocycles. The highest BCUT2D eigenvalue weighted by molar-refractivity contribution is 7.89. The molecule has 138 valence electrons. The Balaban J connectivity index is 1.94. The number of aryl methyl sites for hydroxylation is 1. The van der Waals surface area contributed by atoms with Gasteiger partial charge in [-0.2, -0.15) is 0 Å². The van der Waals surface area contributed by atoms with Crippen LogP contribution in [-0.4, -0.2) is 33.8 Å². The minimum absolute atomic E-state index is 0.0447. The minimum Gasteiger partial charge on any atom is -0.343 e. The van der Waals surface area contributed by atoms with Crippen LogP contribution in [-0.2, 0) is 14.8 Å². The van der Waals surface area contributed by atoms with Crippen molar-refractivity contribution in [1.29, 1.82) is 0 Å². The van der Waals surface area contributed by atoms with E-state index in [1.807, 2.05) is 6.92 Å². The van der Waals surface area contributed by atoms with Gasteiger partial charge in [-0.3, -0.25) is 9.59 Å². The first kappa shape index (κ1) is 19.9. The molecule has 2 amide bonds. The molecular formula is C17H18ClN3O4S. The number of sulfonamides is 1. The fourth-order valence-corrected chi connectivity index (χ4v) is 3.09. The zero-order valence-corrected chi connectivity index (χ0v) is 15.7. The van der Waals surface area contributed by atoms with E-state index < -0.39 is 21.8 Å². The first-order valence-electron chi connectivity index (χ1n) is 7.61. The third kappa shape index (κ3) is 5.04. The van der Waals surface area contributed by atoms with Gasteiger partial charge in [0.15, 0.2) is 0 Å². The number of hydrogen-bond donors (Lipinski definition) is 3. The Bertz CT molecular complexity index is 928. The average Bonchev–Trinajstić information content (AvgIpc) is 2.62. The second-order valence-corrected chi connectivity index (χ2v) is 7.74. The van der Waals surface area contributed by atoms with Crippen LogP contribution in [0.3, 0.4) is 0 Å². The molecule has 3 N–H and O–H groups in total.